The molecule has 0 rings (SSSR count). The molecular formula is C5H15BN4O. The maximum absolute atomic E-state index is 10.5. The van der Waals surface area contributed by atoms with Gasteiger partial charge in [-0.3, -0.25) is 16.1 Å². The van der Waals surface area contributed by atoms with Crippen molar-refractivity contribution in [2.75, 3.05) is 27.2 Å². The summed E-state index contributed by atoms with van der Waals surface area (Å²) in [6, 6.07) is 0. The van der Waals surface area contributed by atoms with Crippen LogP contribution in [0.15, 0.2) is 0 Å². The number of nitrogens with zero attached hydrogens (tertiary/aromatic N) is 2. The summed E-state index contributed by atoms with van der Waals surface area (Å²) in [5.41, 5.74) is 2.61. The molecule has 0 atom stereocenters. The van der Waals surface area contributed by atoms with Gasteiger partial charge < -0.3 is 0 Å². The van der Waals surface area contributed by atoms with Crippen LogP contribution in [0.25, 0.3) is 0 Å². The molecule has 0 aliphatic carbocycles. The topological polar surface area (TPSA) is 61.6 Å². The highest BCUT2D eigenvalue weighted by molar-refractivity contribution is 6.56. The minimum absolute atomic E-state index is 0.0628. The lowest BCUT2D eigenvalue weighted by Gasteiger charge is -2.19. The van der Waals surface area contributed by atoms with E-state index < -0.39 is 0 Å². The molecule has 1 amide bonds. The van der Waals surface area contributed by atoms with Gasteiger partial charge in [-0.25, -0.2) is 10.0 Å². The van der Waals surface area contributed by atoms with Gasteiger partial charge >= 0.3 is 0 Å². The van der Waals surface area contributed by atoms with Gasteiger partial charge in [0.15, 0.2) is 5.81 Å². The number of hydrogen-bond acceptors (Lipinski definition) is 4. The fourth-order valence-corrected chi connectivity index (χ4v) is 0.632. The van der Waals surface area contributed by atoms with E-state index in [0.717, 1.165) is 6.54 Å². The zero-order valence-corrected chi connectivity index (χ0v) is 7.29. The minimum atomic E-state index is -0.0628. The average molecular weight is 158 g/mol. The van der Waals surface area contributed by atoms with Crippen molar-refractivity contribution >= 4 is 13.7 Å². The zero-order valence-electron chi connectivity index (χ0n) is 7.29. The molecular weight excluding hydrogens is 143 g/mol. The minimum Gasteiger partial charge on any atom is -0.299 e. The number of hydrazine groups is 2. The van der Waals surface area contributed by atoms with E-state index >= 15 is 0 Å². The highest BCUT2D eigenvalue weighted by Gasteiger charge is 1.98. The summed E-state index contributed by atoms with van der Waals surface area (Å²) in [5.74, 6) is 5.30. The third-order valence-corrected chi connectivity index (χ3v) is 1.14. The van der Waals surface area contributed by atoms with E-state index in [0.29, 0.717) is 6.54 Å². The van der Waals surface area contributed by atoms with Crippen molar-refractivity contribution in [2.45, 2.75) is 0 Å². The summed E-state index contributed by atoms with van der Waals surface area (Å²) in [7, 11) is 5.05. The van der Waals surface area contributed by atoms with Crippen molar-refractivity contribution in [2.24, 2.45) is 5.84 Å². The summed E-state index contributed by atoms with van der Waals surface area (Å²) in [6.45, 7) is 1.43. The van der Waals surface area contributed by atoms with Gasteiger partial charge in [-0.05, 0) is 0 Å². The monoisotopic (exact) mass is 158 g/mol. The molecule has 6 heteroatoms. The van der Waals surface area contributed by atoms with Crippen molar-refractivity contribution in [3.8, 4) is 0 Å². The van der Waals surface area contributed by atoms with Gasteiger partial charge in [0.25, 0.3) is 0 Å². The molecule has 0 spiro atoms. The van der Waals surface area contributed by atoms with Gasteiger partial charge in [0, 0.05) is 27.2 Å². The van der Waals surface area contributed by atoms with E-state index in [-0.39, 0.29) is 5.81 Å². The van der Waals surface area contributed by atoms with E-state index in [2.05, 4.69) is 5.43 Å². The highest BCUT2D eigenvalue weighted by Crippen LogP contribution is 1.76. The molecule has 0 radical (unpaired) electrons. The number of carbonyl (C=O) groups is 1. The van der Waals surface area contributed by atoms with Crippen LogP contribution < -0.4 is 11.3 Å². The Balaban J connectivity index is 3.37. The molecule has 0 aromatic rings. The Labute approximate surface area is 67.9 Å². The van der Waals surface area contributed by atoms with Crippen LogP contribution in [0.2, 0.25) is 0 Å². The van der Waals surface area contributed by atoms with Crippen molar-refractivity contribution in [1.29, 1.82) is 0 Å². The van der Waals surface area contributed by atoms with Gasteiger partial charge in [0.2, 0.25) is 7.85 Å². The Kier molecular flexibility index (Phi) is 4.84. The quantitative estimate of drug-likeness (QED) is 0.281. The van der Waals surface area contributed by atoms with E-state index in [1.165, 1.54) is 7.85 Å². The van der Waals surface area contributed by atoms with E-state index in [4.69, 9.17) is 5.84 Å². The Hall–Kier alpha value is -0.585. The van der Waals surface area contributed by atoms with E-state index in [9.17, 15) is 4.79 Å². The standard InChI is InChI=1S/C5H15BN4O/c1-9(7)3-4-10(2)8-5(6)11/h3-4,6-7H2,1-2H3,(H,8,11). The molecule has 0 aromatic heterocycles. The van der Waals surface area contributed by atoms with Crippen LogP contribution >= 0.6 is 0 Å². The smallest absolute Gasteiger partial charge is 0.217 e. The van der Waals surface area contributed by atoms with Crippen LogP contribution in [-0.2, 0) is 0 Å². The first-order valence-corrected chi connectivity index (χ1v) is 3.46. The molecule has 11 heavy (non-hydrogen) atoms. The number of hydrogen-bond donors (Lipinski definition) is 2. The molecule has 0 saturated heterocycles. The number of amides is 1. The predicted octanol–water partition coefficient (Wildman–Crippen LogP) is -2.02. The lowest BCUT2D eigenvalue weighted by atomic mass is 10.1. The SMILES string of the molecule is BC(=O)NN(C)CCN(C)N. The van der Waals surface area contributed by atoms with Gasteiger partial charge in [0.05, 0.1) is 0 Å². The fraction of sp³-hybridized carbons (Fsp3) is 0.800. The van der Waals surface area contributed by atoms with E-state index in [1.54, 1.807) is 24.1 Å². The van der Waals surface area contributed by atoms with Crippen LogP contribution in [0.4, 0.5) is 4.79 Å². The van der Waals surface area contributed by atoms with Gasteiger partial charge in [-0.15, -0.1) is 0 Å². The second-order valence-corrected chi connectivity index (χ2v) is 2.57. The van der Waals surface area contributed by atoms with Gasteiger partial charge in [-0.2, -0.15) is 0 Å². The van der Waals surface area contributed by atoms with Crippen molar-refractivity contribution in [3.63, 3.8) is 0 Å². The third-order valence-electron chi connectivity index (χ3n) is 1.14. The molecule has 0 heterocycles. The second-order valence-electron chi connectivity index (χ2n) is 2.57. The van der Waals surface area contributed by atoms with Crippen LogP contribution in [0, 0.1) is 0 Å². The Morgan fingerprint density at radius 1 is 1.55 bits per heavy atom. The molecule has 0 aromatic carbocycles. The molecule has 0 bridgehead atoms. The Morgan fingerprint density at radius 2 is 2.09 bits per heavy atom. The fourth-order valence-electron chi connectivity index (χ4n) is 0.632. The van der Waals surface area contributed by atoms with Crippen molar-refractivity contribution < 1.29 is 4.79 Å². The van der Waals surface area contributed by atoms with Crippen LogP contribution in [-0.4, -0.2) is 50.9 Å². The summed E-state index contributed by atoms with van der Waals surface area (Å²) in [5, 5.41) is 3.27. The summed E-state index contributed by atoms with van der Waals surface area (Å²) in [4.78, 5) is 10.5. The van der Waals surface area contributed by atoms with Crippen LogP contribution in [0.1, 0.15) is 0 Å². The van der Waals surface area contributed by atoms with Crippen molar-refractivity contribution in [1.82, 2.24) is 15.4 Å². The first-order valence-electron chi connectivity index (χ1n) is 3.46. The molecule has 64 valence electrons. The number of carbonyl (C=O) groups excluding carboxylic acids is 1. The first kappa shape index (κ1) is 10.4. The first-order chi connectivity index (χ1) is 5.02. The average Bonchev–Trinajstić information content (AvgIpc) is 1.82. The van der Waals surface area contributed by atoms with Gasteiger partial charge in [-0.1, -0.05) is 0 Å². The lowest BCUT2D eigenvalue weighted by molar-refractivity contribution is 0.199. The normalized spacial score (nSPS) is 10.6. The molecule has 0 aliphatic heterocycles. The third kappa shape index (κ3) is 7.31. The van der Waals surface area contributed by atoms with E-state index in [1.807, 2.05) is 0 Å². The Bertz CT molecular complexity index is 130. The number of nitrogens with one attached hydrogen (secondary N) is 1. The molecule has 0 fully saturated rings. The van der Waals surface area contributed by atoms with Crippen molar-refractivity contribution in [3.05, 3.63) is 0 Å². The molecule has 0 saturated carbocycles. The summed E-state index contributed by atoms with van der Waals surface area (Å²) in [6.07, 6.45) is 0. The molecule has 0 aliphatic rings. The molecule has 5 nitrogen and oxygen atoms in total. The Morgan fingerprint density at radius 3 is 2.45 bits per heavy atom. The molecule has 3 N–H and O–H groups in total. The summed E-state index contributed by atoms with van der Waals surface area (Å²) < 4.78 is 0. The molecule has 0 unspecified atom stereocenters. The number of likely N-dealkylation sites (N-methyl/N-ethyl adjacent to an activating group) is 2. The summed E-state index contributed by atoms with van der Waals surface area (Å²) >= 11 is 0. The van der Waals surface area contributed by atoms with Gasteiger partial charge in [0.1, 0.15) is 0 Å². The van der Waals surface area contributed by atoms with Crippen LogP contribution in [0.5, 0.6) is 0 Å². The maximum Gasteiger partial charge on any atom is 0.217 e. The second kappa shape index (κ2) is 5.12. The zero-order chi connectivity index (χ0) is 8.85. The van der Waals surface area contributed by atoms with Crippen LogP contribution in [0.3, 0.4) is 0 Å². The maximum atomic E-state index is 10.5. The predicted molar refractivity (Wildman–Crippen MR) is 46.5 cm³/mol. The lowest BCUT2D eigenvalue weighted by Crippen LogP contribution is -2.43. The highest BCUT2D eigenvalue weighted by atomic mass is 16.2. The largest absolute Gasteiger partial charge is 0.299 e. The number of rotatable bonds is 4. The number of nitrogens with two attached hydrogens (primary N) is 1.